The molecule has 0 fully saturated rings. The first-order valence-corrected chi connectivity index (χ1v) is 4.76. The lowest BCUT2D eigenvalue weighted by molar-refractivity contribution is -0.383. The van der Waals surface area contributed by atoms with Crippen LogP contribution in [0.1, 0.15) is 5.56 Å². The minimum Gasteiger partial charge on any atom is -0.393 e. The van der Waals surface area contributed by atoms with Gasteiger partial charge in [0.1, 0.15) is 5.69 Å². The lowest BCUT2D eigenvalue weighted by Crippen LogP contribution is -1.98. The number of rotatable bonds is 1. The van der Waals surface area contributed by atoms with Gasteiger partial charge in [-0.3, -0.25) is 10.1 Å². The fourth-order valence-corrected chi connectivity index (χ4v) is 2.10. The first-order chi connectivity index (χ1) is 6.61. The molecular formula is C8H7N3O2S. The van der Waals surface area contributed by atoms with Gasteiger partial charge < -0.3 is 5.73 Å². The van der Waals surface area contributed by atoms with E-state index in [0.717, 1.165) is 10.3 Å². The summed E-state index contributed by atoms with van der Waals surface area (Å²) >= 11 is 1.43. The zero-order valence-corrected chi connectivity index (χ0v) is 8.17. The van der Waals surface area contributed by atoms with E-state index in [-0.39, 0.29) is 11.4 Å². The van der Waals surface area contributed by atoms with E-state index >= 15 is 0 Å². The van der Waals surface area contributed by atoms with E-state index in [1.54, 1.807) is 12.4 Å². The van der Waals surface area contributed by atoms with Crippen LogP contribution in [0.4, 0.5) is 11.4 Å². The largest absolute Gasteiger partial charge is 0.393 e. The van der Waals surface area contributed by atoms with Crippen molar-refractivity contribution in [2.45, 2.75) is 6.92 Å². The van der Waals surface area contributed by atoms with Crippen molar-refractivity contribution in [3.8, 4) is 0 Å². The van der Waals surface area contributed by atoms with Crippen molar-refractivity contribution in [2.24, 2.45) is 0 Å². The molecule has 0 spiro atoms. The van der Waals surface area contributed by atoms with E-state index < -0.39 is 4.92 Å². The minimum atomic E-state index is -0.485. The van der Waals surface area contributed by atoms with Crippen molar-refractivity contribution < 1.29 is 4.92 Å². The molecule has 0 atom stereocenters. The first kappa shape index (κ1) is 8.89. The van der Waals surface area contributed by atoms with Crippen LogP contribution < -0.4 is 5.73 Å². The number of hydrogen-bond acceptors (Lipinski definition) is 5. The molecule has 2 aromatic rings. The van der Waals surface area contributed by atoms with Gasteiger partial charge in [0.2, 0.25) is 0 Å². The predicted molar refractivity (Wildman–Crippen MR) is 55.4 cm³/mol. The van der Waals surface area contributed by atoms with Crippen molar-refractivity contribution in [3.63, 3.8) is 0 Å². The molecule has 1 heterocycles. The quantitative estimate of drug-likeness (QED) is 0.443. The summed E-state index contributed by atoms with van der Waals surface area (Å²) in [4.78, 5) is 14.2. The molecule has 72 valence electrons. The van der Waals surface area contributed by atoms with Crippen LogP contribution >= 0.6 is 11.3 Å². The molecule has 6 heteroatoms. The molecule has 14 heavy (non-hydrogen) atoms. The van der Waals surface area contributed by atoms with Gasteiger partial charge >= 0.3 is 0 Å². The second kappa shape index (κ2) is 2.91. The molecule has 0 saturated carbocycles. The number of fused-ring (bicyclic) bond motifs is 1. The predicted octanol–water partition coefficient (Wildman–Crippen LogP) is 2.10. The van der Waals surface area contributed by atoms with Gasteiger partial charge in [-0.2, -0.15) is 0 Å². The number of thiazole rings is 1. The van der Waals surface area contributed by atoms with Gasteiger partial charge in [0.05, 0.1) is 20.7 Å². The number of anilines is 1. The van der Waals surface area contributed by atoms with Gasteiger partial charge in [0.15, 0.2) is 0 Å². The molecule has 2 N–H and O–H groups in total. The second-order valence-electron chi connectivity index (χ2n) is 2.89. The maximum atomic E-state index is 10.6. The van der Waals surface area contributed by atoms with Crippen molar-refractivity contribution in [1.29, 1.82) is 0 Å². The zero-order valence-electron chi connectivity index (χ0n) is 7.35. The van der Waals surface area contributed by atoms with Crippen LogP contribution in [0.15, 0.2) is 11.6 Å². The van der Waals surface area contributed by atoms with Gasteiger partial charge in [-0.1, -0.05) is 0 Å². The number of nitro groups is 1. The van der Waals surface area contributed by atoms with Gasteiger partial charge in [-0.25, -0.2) is 4.98 Å². The first-order valence-electron chi connectivity index (χ1n) is 3.88. The van der Waals surface area contributed by atoms with Crippen molar-refractivity contribution in [1.82, 2.24) is 4.98 Å². The number of benzene rings is 1. The third-order valence-electron chi connectivity index (χ3n) is 2.09. The van der Waals surface area contributed by atoms with Crippen molar-refractivity contribution in [2.75, 3.05) is 5.73 Å². The van der Waals surface area contributed by atoms with E-state index in [1.807, 2.05) is 0 Å². The average Bonchev–Trinajstić information content (AvgIpc) is 2.58. The Hall–Kier alpha value is -1.69. The Labute approximate surface area is 83.3 Å². The van der Waals surface area contributed by atoms with Crippen molar-refractivity contribution >= 4 is 32.9 Å². The summed E-state index contributed by atoms with van der Waals surface area (Å²) in [6, 6.07) is 1.41. The number of nitrogens with zero attached hydrogens (tertiary/aromatic N) is 2. The highest BCUT2D eigenvalue weighted by Gasteiger charge is 2.17. The second-order valence-corrected chi connectivity index (χ2v) is 3.75. The molecule has 0 unspecified atom stereocenters. The summed E-state index contributed by atoms with van der Waals surface area (Å²) in [5.41, 5.74) is 8.83. The molecule has 5 nitrogen and oxygen atoms in total. The summed E-state index contributed by atoms with van der Waals surface area (Å²) in [6.07, 6.45) is 0. The Morgan fingerprint density at radius 2 is 2.36 bits per heavy atom. The minimum absolute atomic E-state index is 0.0686. The lowest BCUT2D eigenvalue weighted by atomic mass is 10.1. The van der Waals surface area contributed by atoms with E-state index in [4.69, 9.17) is 5.73 Å². The van der Waals surface area contributed by atoms with Crippen LogP contribution in [0.3, 0.4) is 0 Å². The fourth-order valence-electron chi connectivity index (χ4n) is 1.31. The number of aromatic nitrogens is 1. The summed E-state index contributed by atoms with van der Waals surface area (Å²) < 4.78 is 0.910. The Bertz CT molecular complexity index is 521. The molecule has 0 aliphatic rings. The maximum absolute atomic E-state index is 10.6. The Kier molecular flexibility index (Phi) is 1.85. The molecular weight excluding hydrogens is 202 g/mol. The van der Waals surface area contributed by atoms with Gasteiger partial charge in [0, 0.05) is 6.07 Å². The number of nitrogen functional groups attached to an aromatic ring is 1. The molecule has 0 amide bonds. The van der Waals surface area contributed by atoms with Gasteiger partial charge in [-0.15, -0.1) is 11.3 Å². The third-order valence-corrected chi connectivity index (χ3v) is 3.05. The van der Waals surface area contributed by atoms with Crippen LogP contribution in [-0.2, 0) is 0 Å². The molecule has 0 aliphatic heterocycles. The topological polar surface area (TPSA) is 82.0 Å². The fraction of sp³-hybridized carbons (Fsp3) is 0.125. The van der Waals surface area contributed by atoms with E-state index in [1.165, 1.54) is 17.4 Å². The monoisotopic (exact) mass is 209 g/mol. The SMILES string of the molecule is Cc1c(N)c([N+](=O)[O-])cc2ncsc12. The number of aryl methyl sites for hydroxylation is 1. The molecule has 0 radical (unpaired) electrons. The molecule has 2 rings (SSSR count). The highest BCUT2D eigenvalue weighted by atomic mass is 32.1. The Morgan fingerprint density at radius 1 is 1.64 bits per heavy atom. The molecule has 0 aliphatic carbocycles. The van der Waals surface area contributed by atoms with E-state index in [2.05, 4.69) is 4.98 Å². The van der Waals surface area contributed by atoms with E-state index in [9.17, 15) is 10.1 Å². The Morgan fingerprint density at radius 3 is 3.00 bits per heavy atom. The number of hydrogen-bond donors (Lipinski definition) is 1. The smallest absolute Gasteiger partial charge is 0.294 e. The van der Waals surface area contributed by atoms with Crippen LogP contribution in [0, 0.1) is 17.0 Å². The third kappa shape index (κ3) is 1.12. The summed E-state index contributed by atoms with van der Waals surface area (Å²) in [5, 5.41) is 10.6. The molecule has 1 aromatic carbocycles. The number of nitro benzene ring substituents is 1. The summed E-state index contributed by atoms with van der Waals surface area (Å²) in [6.45, 7) is 1.77. The summed E-state index contributed by atoms with van der Waals surface area (Å²) in [7, 11) is 0. The highest BCUT2D eigenvalue weighted by Crippen LogP contribution is 2.33. The zero-order chi connectivity index (χ0) is 10.3. The average molecular weight is 209 g/mol. The highest BCUT2D eigenvalue weighted by molar-refractivity contribution is 7.17. The standard InChI is InChI=1S/C8H7N3O2S/c1-4-7(9)6(11(12)13)2-5-8(4)14-3-10-5/h2-3H,9H2,1H3. The Balaban J connectivity index is 2.87. The van der Waals surface area contributed by atoms with Gasteiger partial charge in [-0.05, 0) is 12.5 Å². The van der Waals surface area contributed by atoms with Crippen molar-refractivity contribution in [3.05, 3.63) is 27.3 Å². The summed E-state index contributed by atoms with van der Waals surface area (Å²) in [5.74, 6) is 0. The van der Waals surface area contributed by atoms with Crippen LogP contribution in [0.5, 0.6) is 0 Å². The number of nitrogens with two attached hydrogens (primary N) is 1. The molecule has 0 saturated heterocycles. The van der Waals surface area contributed by atoms with Crippen LogP contribution in [-0.4, -0.2) is 9.91 Å². The lowest BCUT2D eigenvalue weighted by Gasteiger charge is -2.01. The van der Waals surface area contributed by atoms with Crippen LogP contribution in [0.2, 0.25) is 0 Å². The normalized spacial score (nSPS) is 10.6. The molecule has 0 bridgehead atoms. The van der Waals surface area contributed by atoms with Gasteiger partial charge in [0.25, 0.3) is 5.69 Å². The van der Waals surface area contributed by atoms with Crippen LogP contribution in [0.25, 0.3) is 10.2 Å². The van der Waals surface area contributed by atoms with E-state index in [0.29, 0.717) is 5.52 Å². The maximum Gasteiger partial charge on any atom is 0.294 e. The molecule has 1 aromatic heterocycles.